The first-order valence-electron chi connectivity index (χ1n) is 8.28. The molecule has 5 nitrogen and oxygen atoms in total. The first-order valence-corrected chi connectivity index (χ1v) is 8.28. The molecule has 1 aromatic rings. The number of nitrogens with one attached hydrogen (secondary N) is 1. The zero-order chi connectivity index (χ0) is 15.4. The predicted molar refractivity (Wildman–Crippen MR) is 87.1 cm³/mol. The molecule has 0 bridgehead atoms. The van der Waals surface area contributed by atoms with Crippen molar-refractivity contribution < 1.29 is 9.53 Å². The Morgan fingerprint density at radius 1 is 1.27 bits per heavy atom. The van der Waals surface area contributed by atoms with Gasteiger partial charge in [0.25, 0.3) is 5.91 Å². The van der Waals surface area contributed by atoms with Gasteiger partial charge in [-0.2, -0.15) is 0 Å². The van der Waals surface area contributed by atoms with Crippen LogP contribution < -0.4 is 15.8 Å². The minimum absolute atomic E-state index is 0.0385. The van der Waals surface area contributed by atoms with Gasteiger partial charge < -0.3 is 15.8 Å². The molecule has 0 aromatic heterocycles. The molecule has 2 aliphatic rings. The zero-order valence-corrected chi connectivity index (χ0v) is 13.0. The molecule has 120 valence electrons. The van der Waals surface area contributed by atoms with Gasteiger partial charge >= 0.3 is 0 Å². The van der Waals surface area contributed by atoms with Crippen LogP contribution in [0.15, 0.2) is 18.2 Å². The number of ether oxygens (including phenoxy) is 1. The third-order valence-corrected chi connectivity index (χ3v) is 4.30. The highest BCUT2D eigenvalue weighted by Crippen LogP contribution is 2.24. The third kappa shape index (κ3) is 4.13. The van der Waals surface area contributed by atoms with Crippen LogP contribution >= 0.6 is 0 Å². The van der Waals surface area contributed by atoms with Crippen LogP contribution in [-0.2, 0) is 0 Å². The van der Waals surface area contributed by atoms with Crippen molar-refractivity contribution in [2.24, 2.45) is 0 Å². The van der Waals surface area contributed by atoms with Gasteiger partial charge in [0, 0.05) is 18.2 Å². The van der Waals surface area contributed by atoms with Crippen LogP contribution in [0, 0.1) is 0 Å². The van der Waals surface area contributed by atoms with E-state index in [2.05, 4.69) is 10.2 Å². The maximum absolute atomic E-state index is 12.1. The van der Waals surface area contributed by atoms with E-state index in [-0.39, 0.29) is 5.91 Å². The highest BCUT2D eigenvalue weighted by molar-refractivity contribution is 5.95. The summed E-state index contributed by atoms with van der Waals surface area (Å²) in [6, 6.07) is 5.61. The summed E-state index contributed by atoms with van der Waals surface area (Å²) in [7, 11) is 0. The van der Waals surface area contributed by atoms with Crippen molar-refractivity contribution in [2.75, 3.05) is 32.0 Å². The number of nitrogens with two attached hydrogens (primary N) is 1. The standard InChI is InChI=1S/C17H25N3O2/c18-15-7-4-13(17(21)19-14-5-6-14)12-16(15)22-11-10-20-8-2-1-3-9-20/h4,7,12,14H,1-3,5-6,8-11,18H2,(H,19,21). The van der Waals surface area contributed by atoms with Crippen LogP contribution in [0.2, 0.25) is 0 Å². The molecule has 3 N–H and O–H groups in total. The lowest BCUT2D eigenvalue weighted by Gasteiger charge is -2.26. The summed E-state index contributed by atoms with van der Waals surface area (Å²) in [4.78, 5) is 14.5. The lowest BCUT2D eigenvalue weighted by Crippen LogP contribution is -2.33. The molecular formula is C17H25N3O2. The van der Waals surface area contributed by atoms with Gasteiger partial charge in [-0.25, -0.2) is 0 Å². The van der Waals surface area contributed by atoms with E-state index in [0.29, 0.717) is 29.6 Å². The Balaban J connectivity index is 1.53. The number of benzene rings is 1. The smallest absolute Gasteiger partial charge is 0.251 e. The van der Waals surface area contributed by atoms with E-state index in [0.717, 1.165) is 32.5 Å². The van der Waals surface area contributed by atoms with Crippen molar-refractivity contribution in [3.8, 4) is 5.75 Å². The average Bonchev–Trinajstić information content (AvgIpc) is 3.34. The number of rotatable bonds is 6. The topological polar surface area (TPSA) is 67.6 Å². The fourth-order valence-corrected chi connectivity index (χ4v) is 2.76. The van der Waals surface area contributed by atoms with E-state index in [1.54, 1.807) is 18.2 Å². The fraction of sp³-hybridized carbons (Fsp3) is 0.588. The summed E-state index contributed by atoms with van der Waals surface area (Å²) >= 11 is 0. The van der Waals surface area contributed by atoms with Crippen LogP contribution in [0.25, 0.3) is 0 Å². The Bertz CT molecular complexity index is 523. The molecule has 1 saturated heterocycles. The van der Waals surface area contributed by atoms with Gasteiger partial charge in [0.05, 0.1) is 5.69 Å². The normalized spacial score (nSPS) is 18.9. The van der Waals surface area contributed by atoms with Gasteiger partial charge in [0.1, 0.15) is 12.4 Å². The molecule has 22 heavy (non-hydrogen) atoms. The molecule has 0 radical (unpaired) electrons. The molecular weight excluding hydrogens is 278 g/mol. The maximum atomic E-state index is 12.1. The summed E-state index contributed by atoms with van der Waals surface area (Å²) < 4.78 is 5.80. The molecule has 1 aliphatic carbocycles. The Hall–Kier alpha value is -1.75. The second-order valence-corrected chi connectivity index (χ2v) is 6.25. The number of carbonyl (C=O) groups is 1. The summed E-state index contributed by atoms with van der Waals surface area (Å²) in [6.45, 7) is 3.83. The number of nitrogen functional groups attached to an aromatic ring is 1. The SMILES string of the molecule is Nc1ccc(C(=O)NC2CC2)cc1OCCN1CCCCC1. The number of nitrogens with zero attached hydrogens (tertiary/aromatic N) is 1. The average molecular weight is 303 g/mol. The molecule has 2 fully saturated rings. The van der Waals surface area contributed by atoms with E-state index in [1.165, 1.54) is 19.3 Å². The Morgan fingerprint density at radius 3 is 2.77 bits per heavy atom. The first kappa shape index (κ1) is 15.2. The van der Waals surface area contributed by atoms with E-state index < -0.39 is 0 Å². The number of likely N-dealkylation sites (tertiary alicyclic amines) is 1. The first-order chi connectivity index (χ1) is 10.7. The van der Waals surface area contributed by atoms with E-state index in [9.17, 15) is 4.79 Å². The lowest BCUT2D eigenvalue weighted by molar-refractivity contribution is 0.0950. The van der Waals surface area contributed by atoms with Gasteiger partial charge in [0.2, 0.25) is 0 Å². The molecule has 0 spiro atoms. The summed E-state index contributed by atoms with van der Waals surface area (Å²) in [6.07, 6.45) is 6.06. The van der Waals surface area contributed by atoms with Crippen molar-refractivity contribution in [3.63, 3.8) is 0 Å². The Kier molecular flexibility index (Phi) is 4.83. The van der Waals surface area contributed by atoms with Crippen LogP contribution in [0.3, 0.4) is 0 Å². The molecule has 1 amide bonds. The molecule has 0 atom stereocenters. The van der Waals surface area contributed by atoms with E-state index in [4.69, 9.17) is 10.5 Å². The molecule has 3 rings (SSSR count). The molecule has 0 unspecified atom stereocenters. The minimum atomic E-state index is -0.0385. The number of piperidine rings is 1. The number of anilines is 1. The van der Waals surface area contributed by atoms with Crippen molar-refractivity contribution in [3.05, 3.63) is 23.8 Å². The highest BCUT2D eigenvalue weighted by atomic mass is 16.5. The minimum Gasteiger partial charge on any atom is -0.490 e. The fourth-order valence-electron chi connectivity index (χ4n) is 2.76. The van der Waals surface area contributed by atoms with Crippen molar-refractivity contribution in [2.45, 2.75) is 38.1 Å². The van der Waals surface area contributed by atoms with Gasteiger partial charge in [-0.1, -0.05) is 6.42 Å². The van der Waals surface area contributed by atoms with Crippen LogP contribution in [0.1, 0.15) is 42.5 Å². The zero-order valence-electron chi connectivity index (χ0n) is 13.0. The van der Waals surface area contributed by atoms with E-state index >= 15 is 0 Å². The molecule has 1 aromatic carbocycles. The van der Waals surface area contributed by atoms with Crippen molar-refractivity contribution in [1.82, 2.24) is 10.2 Å². The predicted octanol–water partition coefficient (Wildman–Crippen LogP) is 2.03. The molecule has 1 saturated carbocycles. The molecule has 1 aliphatic heterocycles. The van der Waals surface area contributed by atoms with Crippen molar-refractivity contribution >= 4 is 11.6 Å². The lowest BCUT2D eigenvalue weighted by atomic mass is 10.1. The highest BCUT2D eigenvalue weighted by Gasteiger charge is 2.24. The number of amides is 1. The monoisotopic (exact) mass is 303 g/mol. The third-order valence-electron chi connectivity index (χ3n) is 4.30. The van der Waals surface area contributed by atoms with Crippen LogP contribution in [0.5, 0.6) is 5.75 Å². The Labute approximate surface area is 131 Å². The summed E-state index contributed by atoms with van der Waals surface area (Å²) in [5, 5.41) is 2.98. The van der Waals surface area contributed by atoms with Gasteiger partial charge in [-0.3, -0.25) is 9.69 Å². The second-order valence-electron chi connectivity index (χ2n) is 6.25. The van der Waals surface area contributed by atoms with Crippen LogP contribution in [-0.4, -0.2) is 43.1 Å². The molecule has 1 heterocycles. The number of carbonyl (C=O) groups excluding carboxylic acids is 1. The van der Waals surface area contributed by atoms with Crippen molar-refractivity contribution in [1.29, 1.82) is 0 Å². The second kappa shape index (κ2) is 7.01. The van der Waals surface area contributed by atoms with Gasteiger partial charge in [-0.15, -0.1) is 0 Å². The van der Waals surface area contributed by atoms with Gasteiger partial charge in [-0.05, 0) is 57.0 Å². The number of hydrogen-bond donors (Lipinski definition) is 2. The molecule has 5 heteroatoms. The summed E-state index contributed by atoms with van der Waals surface area (Å²) in [5.41, 5.74) is 7.16. The van der Waals surface area contributed by atoms with Gasteiger partial charge in [0.15, 0.2) is 0 Å². The Morgan fingerprint density at radius 2 is 2.05 bits per heavy atom. The number of hydrogen-bond acceptors (Lipinski definition) is 4. The van der Waals surface area contributed by atoms with E-state index in [1.807, 2.05) is 0 Å². The summed E-state index contributed by atoms with van der Waals surface area (Å²) in [5.74, 6) is 0.573. The maximum Gasteiger partial charge on any atom is 0.251 e. The van der Waals surface area contributed by atoms with Crippen LogP contribution in [0.4, 0.5) is 5.69 Å². The quantitative estimate of drug-likeness (QED) is 0.789. The largest absolute Gasteiger partial charge is 0.490 e.